The largest absolute Gasteiger partial charge is 0.480 e. The molecule has 0 radical (unpaired) electrons. The average molecular weight is 401 g/mol. The molecule has 1 aliphatic rings. The number of nitrogens with zero attached hydrogens (tertiary/aromatic N) is 2. The number of piperazine rings is 1. The Morgan fingerprint density at radius 3 is 2.20 bits per heavy atom. The zero-order valence-corrected chi connectivity index (χ0v) is 17.3. The van der Waals surface area contributed by atoms with Crippen molar-refractivity contribution in [1.82, 2.24) is 9.80 Å². The van der Waals surface area contributed by atoms with E-state index in [0.717, 1.165) is 19.6 Å². The Hall–Kier alpha value is -2.95. The summed E-state index contributed by atoms with van der Waals surface area (Å²) in [5, 5.41) is 9.20. The smallest absolute Gasteiger partial charge is 0.317 e. The number of hydrogen-bond acceptors (Lipinski definition) is 3. The van der Waals surface area contributed by atoms with Gasteiger partial charge in [0.25, 0.3) is 0 Å². The fourth-order valence-corrected chi connectivity index (χ4v) is 4.43. The molecule has 3 aromatic carbocycles. The van der Waals surface area contributed by atoms with Crippen LogP contribution in [-0.2, 0) is 4.79 Å². The number of carbonyl (C=O) groups is 1. The highest BCUT2D eigenvalue weighted by atomic mass is 16.4. The molecule has 0 spiro atoms. The summed E-state index contributed by atoms with van der Waals surface area (Å²) in [6.45, 7) is 4.66. The van der Waals surface area contributed by atoms with Gasteiger partial charge in [0, 0.05) is 25.7 Å². The summed E-state index contributed by atoms with van der Waals surface area (Å²) in [5.74, 6) is -0.759. The molecule has 0 aliphatic carbocycles. The zero-order chi connectivity index (χ0) is 20.9. The predicted molar refractivity (Wildman–Crippen MR) is 120 cm³/mol. The minimum atomic E-state index is -0.759. The summed E-state index contributed by atoms with van der Waals surface area (Å²) >= 11 is 0. The molecule has 30 heavy (non-hydrogen) atoms. The number of carboxylic acids is 1. The van der Waals surface area contributed by atoms with E-state index in [4.69, 9.17) is 0 Å². The number of aliphatic carboxylic acids is 1. The van der Waals surface area contributed by atoms with Crippen LogP contribution in [0.1, 0.15) is 24.1 Å². The van der Waals surface area contributed by atoms with E-state index in [-0.39, 0.29) is 18.6 Å². The molecular formula is C26H28N2O2. The lowest BCUT2D eigenvalue weighted by molar-refractivity contribution is -0.139. The fraction of sp³-hybridized carbons (Fsp3) is 0.269. The van der Waals surface area contributed by atoms with Gasteiger partial charge in [-0.25, -0.2) is 0 Å². The number of carboxylic acid groups (broad SMARTS) is 1. The normalized spacial score (nSPS) is 18.8. The van der Waals surface area contributed by atoms with E-state index < -0.39 is 5.97 Å². The monoisotopic (exact) mass is 400 g/mol. The van der Waals surface area contributed by atoms with Crippen molar-refractivity contribution in [2.75, 3.05) is 26.2 Å². The van der Waals surface area contributed by atoms with Gasteiger partial charge in [-0.2, -0.15) is 0 Å². The highest BCUT2D eigenvalue weighted by molar-refractivity contribution is 5.69. The summed E-state index contributed by atoms with van der Waals surface area (Å²) in [5.41, 5.74) is 4.96. The van der Waals surface area contributed by atoms with Crippen molar-refractivity contribution in [3.8, 4) is 11.1 Å². The van der Waals surface area contributed by atoms with Crippen molar-refractivity contribution < 1.29 is 9.90 Å². The molecule has 1 heterocycles. The van der Waals surface area contributed by atoms with E-state index in [9.17, 15) is 9.90 Å². The molecule has 4 heteroatoms. The van der Waals surface area contributed by atoms with Crippen LogP contribution < -0.4 is 0 Å². The first-order valence-corrected chi connectivity index (χ1v) is 10.5. The van der Waals surface area contributed by atoms with E-state index in [2.05, 4.69) is 89.5 Å². The van der Waals surface area contributed by atoms with Gasteiger partial charge in [-0.15, -0.1) is 0 Å². The quantitative estimate of drug-likeness (QED) is 0.660. The molecule has 3 aromatic rings. The van der Waals surface area contributed by atoms with Crippen molar-refractivity contribution in [1.29, 1.82) is 0 Å². The summed E-state index contributed by atoms with van der Waals surface area (Å²) < 4.78 is 0. The molecule has 0 bridgehead atoms. The molecule has 0 aromatic heterocycles. The van der Waals surface area contributed by atoms with Crippen LogP contribution in [0.5, 0.6) is 0 Å². The van der Waals surface area contributed by atoms with Crippen LogP contribution in [0.4, 0.5) is 0 Å². The number of benzene rings is 3. The number of rotatable bonds is 6. The third-order valence-corrected chi connectivity index (χ3v) is 5.92. The van der Waals surface area contributed by atoms with Crippen molar-refractivity contribution in [3.63, 3.8) is 0 Å². The van der Waals surface area contributed by atoms with Gasteiger partial charge in [-0.1, -0.05) is 78.9 Å². The SMILES string of the molecule is C[C@@H]1CN(C(c2ccccc2)c2cccc(-c3ccccc3)c2)CCN1CC(=O)O. The molecule has 1 saturated heterocycles. The first-order valence-electron chi connectivity index (χ1n) is 10.5. The first-order chi connectivity index (χ1) is 14.6. The minimum Gasteiger partial charge on any atom is -0.480 e. The second kappa shape index (κ2) is 9.24. The second-order valence-electron chi connectivity index (χ2n) is 8.01. The lowest BCUT2D eigenvalue weighted by Gasteiger charge is -2.43. The minimum absolute atomic E-state index is 0.106. The van der Waals surface area contributed by atoms with Crippen molar-refractivity contribution in [2.45, 2.75) is 19.0 Å². The Kier molecular flexibility index (Phi) is 6.26. The molecule has 0 saturated carbocycles. The predicted octanol–water partition coefficient (Wildman–Crippen LogP) is 4.53. The summed E-state index contributed by atoms with van der Waals surface area (Å²) in [6.07, 6.45) is 0. The highest BCUT2D eigenvalue weighted by Gasteiger charge is 2.31. The molecule has 1 unspecified atom stereocenters. The van der Waals surface area contributed by atoms with E-state index in [1.54, 1.807) is 0 Å². The van der Waals surface area contributed by atoms with E-state index >= 15 is 0 Å². The van der Waals surface area contributed by atoms with Crippen molar-refractivity contribution in [2.24, 2.45) is 0 Å². The van der Waals surface area contributed by atoms with Gasteiger partial charge in [0.1, 0.15) is 0 Å². The lowest BCUT2D eigenvalue weighted by atomic mass is 9.93. The third-order valence-electron chi connectivity index (χ3n) is 5.92. The zero-order valence-electron chi connectivity index (χ0n) is 17.3. The van der Waals surface area contributed by atoms with Gasteiger partial charge in [-0.05, 0) is 35.2 Å². The van der Waals surface area contributed by atoms with E-state index in [1.807, 2.05) is 12.1 Å². The summed E-state index contributed by atoms with van der Waals surface area (Å²) in [6, 6.07) is 30.2. The second-order valence-corrected chi connectivity index (χ2v) is 8.01. The molecule has 1 aliphatic heterocycles. The van der Waals surface area contributed by atoms with Crippen LogP contribution in [0.2, 0.25) is 0 Å². The Morgan fingerprint density at radius 1 is 0.900 bits per heavy atom. The summed E-state index contributed by atoms with van der Waals surface area (Å²) in [4.78, 5) is 15.7. The molecule has 0 amide bonds. The van der Waals surface area contributed by atoms with E-state index in [1.165, 1.54) is 22.3 Å². The van der Waals surface area contributed by atoms with Crippen LogP contribution in [0.15, 0.2) is 84.9 Å². The summed E-state index contributed by atoms with van der Waals surface area (Å²) in [7, 11) is 0. The van der Waals surface area contributed by atoms with Crippen LogP contribution in [0, 0.1) is 0 Å². The van der Waals surface area contributed by atoms with Gasteiger partial charge in [0.2, 0.25) is 0 Å². The molecule has 154 valence electrons. The Bertz CT molecular complexity index is 975. The lowest BCUT2D eigenvalue weighted by Crippen LogP contribution is -2.54. The molecule has 4 nitrogen and oxygen atoms in total. The maximum Gasteiger partial charge on any atom is 0.317 e. The maximum atomic E-state index is 11.2. The van der Waals surface area contributed by atoms with Gasteiger partial charge < -0.3 is 5.11 Å². The van der Waals surface area contributed by atoms with Crippen LogP contribution in [0.25, 0.3) is 11.1 Å². The molecule has 2 atom stereocenters. The Labute approximate surface area is 178 Å². The Morgan fingerprint density at radius 2 is 1.53 bits per heavy atom. The average Bonchev–Trinajstić information content (AvgIpc) is 2.77. The Balaban J connectivity index is 1.66. The third kappa shape index (κ3) is 4.61. The molecular weight excluding hydrogens is 372 g/mol. The van der Waals surface area contributed by atoms with Crippen LogP contribution in [-0.4, -0.2) is 53.1 Å². The van der Waals surface area contributed by atoms with E-state index in [0.29, 0.717) is 0 Å². The van der Waals surface area contributed by atoms with Crippen LogP contribution >= 0.6 is 0 Å². The van der Waals surface area contributed by atoms with Gasteiger partial charge in [0.15, 0.2) is 0 Å². The van der Waals surface area contributed by atoms with Gasteiger partial charge in [0.05, 0.1) is 12.6 Å². The van der Waals surface area contributed by atoms with Crippen LogP contribution in [0.3, 0.4) is 0 Å². The highest BCUT2D eigenvalue weighted by Crippen LogP contribution is 2.33. The van der Waals surface area contributed by atoms with Gasteiger partial charge >= 0.3 is 5.97 Å². The van der Waals surface area contributed by atoms with Crippen molar-refractivity contribution >= 4 is 5.97 Å². The molecule has 1 N–H and O–H groups in total. The first kappa shape index (κ1) is 20.3. The standard InChI is InChI=1S/C26H28N2O2/c1-20-18-28(16-15-27(20)19-25(29)30)26(22-11-6-3-7-12-22)24-14-8-13-23(17-24)21-9-4-2-5-10-21/h2-14,17,20,26H,15-16,18-19H2,1H3,(H,29,30)/t20-,26?/m1/s1. The van der Waals surface area contributed by atoms with Crippen molar-refractivity contribution in [3.05, 3.63) is 96.1 Å². The molecule has 1 fully saturated rings. The fourth-order valence-electron chi connectivity index (χ4n) is 4.43. The maximum absolute atomic E-state index is 11.2. The molecule has 4 rings (SSSR count). The topological polar surface area (TPSA) is 43.8 Å². The number of hydrogen-bond donors (Lipinski definition) is 1. The van der Waals surface area contributed by atoms with Gasteiger partial charge in [-0.3, -0.25) is 14.6 Å².